The monoisotopic (exact) mass is 371 g/mol. The number of Topliss-reactive ketones (excluding diaryl/α,β-unsaturated/α-hetero) is 1. The second-order valence-corrected chi connectivity index (χ2v) is 2.77. The van der Waals surface area contributed by atoms with Gasteiger partial charge in [0.2, 0.25) is 0 Å². The Bertz CT molecular complexity index is 137. The van der Waals surface area contributed by atoms with E-state index in [0.717, 1.165) is 13.1 Å². The Kier molecular flexibility index (Phi) is 18.5. The van der Waals surface area contributed by atoms with Crippen molar-refractivity contribution >= 4 is 5.78 Å². The number of nitrogens with one attached hydrogen (secondary N) is 2. The van der Waals surface area contributed by atoms with Crippen LogP contribution >= 0.6 is 0 Å². The zero-order valence-corrected chi connectivity index (χ0v) is 12.1. The fourth-order valence-electron chi connectivity index (χ4n) is 0.743. The molecule has 0 saturated carbocycles. The summed E-state index contributed by atoms with van der Waals surface area (Å²) in [4.78, 5) is 10.6. The third kappa shape index (κ3) is 22.7. The Morgan fingerprint density at radius 2 is 2.14 bits per heavy atom. The summed E-state index contributed by atoms with van der Waals surface area (Å²) in [5.74, 6) is 0.0695. The Hall–Kier alpha value is 0.148. The van der Waals surface area contributed by atoms with Crippen LogP contribution in [0.3, 0.4) is 0 Å². The van der Waals surface area contributed by atoms with E-state index < -0.39 is 0 Å². The largest absolute Gasteiger partial charge is 2.00 e. The van der Waals surface area contributed by atoms with E-state index in [0.29, 0.717) is 13.3 Å². The van der Waals surface area contributed by atoms with Gasteiger partial charge in [-0.3, -0.25) is 7.05 Å². The molecule has 0 rings (SSSR count). The number of carbonyl (C=O) groups is 1. The summed E-state index contributed by atoms with van der Waals surface area (Å²) in [5, 5.41) is 5.60. The van der Waals surface area contributed by atoms with Crippen molar-refractivity contribution in [2.45, 2.75) is 20.2 Å². The molecule has 0 aromatic heterocycles. The smallest absolute Gasteiger partial charge is 0.475 e. The summed E-state index contributed by atoms with van der Waals surface area (Å²) in [6.07, 6.45) is 0.427. The molecule has 0 spiro atoms. The molecule has 0 fully saturated rings. The summed E-state index contributed by atoms with van der Waals surface area (Å²) in [5.41, 5.74) is 0. The maximum atomic E-state index is 10.6. The van der Waals surface area contributed by atoms with Gasteiger partial charge in [-0.2, -0.15) is 0 Å². The van der Waals surface area contributed by atoms with Crippen LogP contribution < -0.4 is 10.6 Å². The molecule has 0 saturated heterocycles. The van der Waals surface area contributed by atoms with Crippen LogP contribution in [0.25, 0.3) is 0 Å². The minimum Gasteiger partial charge on any atom is -0.475 e. The molecule has 0 heterocycles. The molecule has 1 atom stereocenters. The molecule has 0 aromatic carbocycles. The Labute approximate surface area is 104 Å². The zero-order chi connectivity index (χ0) is 11.4. The number of ketones is 1. The van der Waals surface area contributed by atoms with E-state index in [9.17, 15) is 4.79 Å². The molecular formula is C10H22N2OW. The van der Waals surface area contributed by atoms with Crippen LogP contribution in [0.1, 0.15) is 21.6 Å². The molecule has 14 heavy (non-hydrogen) atoms. The predicted octanol–water partition coefficient (Wildman–Crippen LogP) is 1.02. The van der Waals surface area contributed by atoms with Crippen molar-refractivity contribution in [3.63, 3.8) is 0 Å². The molecule has 2 N–H and O–H groups in total. The predicted molar refractivity (Wildman–Crippen MR) is 57.1 cm³/mol. The molecular weight excluding hydrogens is 348 g/mol. The van der Waals surface area contributed by atoms with E-state index in [4.69, 9.17) is 1.37 Å². The minimum atomic E-state index is -0.0693. The first-order valence-electron chi connectivity index (χ1n) is 5.11. The molecule has 0 radical (unpaired) electrons. The van der Waals surface area contributed by atoms with E-state index in [-0.39, 0.29) is 32.8 Å². The summed E-state index contributed by atoms with van der Waals surface area (Å²) < 4.78 is 7.11. The van der Waals surface area contributed by atoms with Crippen LogP contribution in [0.5, 0.6) is 0 Å². The normalized spacial score (nSPS) is 11.5. The average Bonchev–Trinajstić information content (AvgIpc) is 2.13. The van der Waals surface area contributed by atoms with Gasteiger partial charge in [0.25, 0.3) is 0 Å². The number of hydrogen-bond acceptors (Lipinski definition) is 3. The summed E-state index contributed by atoms with van der Waals surface area (Å²) >= 11 is 0. The molecule has 4 heteroatoms. The van der Waals surface area contributed by atoms with E-state index in [1.165, 1.54) is 0 Å². The van der Waals surface area contributed by atoms with Crippen LogP contribution in [0, 0.1) is 19.9 Å². The van der Waals surface area contributed by atoms with Gasteiger partial charge in [0, 0.05) is 1.37 Å². The number of rotatable bonds is 5. The van der Waals surface area contributed by atoms with E-state index in [2.05, 4.69) is 24.6 Å². The van der Waals surface area contributed by atoms with Gasteiger partial charge >= 0.3 is 21.1 Å². The van der Waals surface area contributed by atoms with Gasteiger partial charge in [0.1, 0.15) is 0 Å². The van der Waals surface area contributed by atoms with Crippen molar-refractivity contribution in [2.75, 3.05) is 20.1 Å². The van der Waals surface area contributed by atoms with Crippen molar-refractivity contribution in [1.29, 1.82) is 0 Å². The fourth-order valence-corrected chi connectivity index (χ4v) is 0.743. The third-order valence-corrected chi connectivity index (χ3v) is 1.20. The van der Waals surface area contributed by atoms with Gasteiger partial charge in [-0.15, -0.1) is 0 Å². The van der Waals surface area contributed by atoms with Crippen molar-refractivity contribution in [2.24, 2.45) is 5.92 Å². The minimum absolute atomic E-state index is 0. The van der Waals surface area contributed by atoms with Crippen molar-refractivity contribution in [3.05, 3.63) is 14.0 Å². The van der Waals surface area contributed by atoms with Gasteiger partial charge in [0.15, 0.2) is 0 Å². The zero-order valence-electron chi connectivity index (χ0n) is 10.1. The summed E-state index contributed by atoms with van der Waals surface area (Å²) in [6.45, 7) is 7.23. The summed E-state index contributed by atoms with van der Waals surface area (Å²) in [6, 6.07) is 0. The van der Waals surface area contributed by atoms with Gasteiger partial charge in [-0.25, -0.2) is 0 Å². The van der Waals surface area contributed by atoms with Crippen molar-refractivity contribution < 1.29 is 27.2 Å². The summed E-state index contributed by atoms with van der Waals surface area (Å²) in [7, 11) is 5.00. The topological polar surface area (TPSA) is 41.1 Å². The second-order valence-electron chi connectivity index (χ2n) is 2.77. The van der Waals surface area contributed by atoms with E-state index >= 15 is 0 Å². The van der Waals surface area contributed by atoms with Crippen molar-refractivity contribution in [3.8, 4) is 0 Å². The molecule has 0 aliphatic heterocycles. The third-order valence-electron chi connectivity index (χ3n) is 1.20. The molecule has 0 bridgehead atoms. The molecule has 0 aliphatic carbocycles. The Morgan fingerprint density at radius 3 is 2.43 bits per heavy atom. The quantitative estimate of drug-likeness (QED) is 0.710. The van der Waals surface area contributed by atoms with Crippen LogP contribution in [0.2, 0.25) is 0 Å². The standard InChI is InChI=1S/C8H16NO.C2H6N.W/c1-4-9-6-7(2)5-8(3)10;1-3-2;/h7,9H,3-6H2,1-2H3;3H,1H2,2H3;/q2*-1;+2/i2D;;. The second kappa shape index (κ2) is 15.6. The maximum absolute atomic E-state index is 10.6. The Morgan fingerprint density at radius 1 is 1.64 bits per heavy atom. The number of hydrogen-bond donors (Lipinski definition) is 2. The molecule has 1 unspecified atom stereocenters. The number of carbonyl (C=O) groups excluding carboxylic acids is 1. The van der Waals surface area contributed by atoms with Gasteiger partial charge in [-0.1, -0.05) is 13.8 Å². The molecule has 0 aliphatic rings. The van der Waals surface area contributed by atoms with Gasteiger partial charge in [0.05, 0.1) is 0 Å². The van der Waals surface area contributed by atoms with Crippen molar-refractivity contribution in [1.82, 2.24) is 10.6 Å². The average molecular weight is 371 g/mol. The molecule has 0 aromatic rings. The first-order chi connectivity index (χ1) is 6.62. The molecule has 0 amide bonds. The van der Waals surface area contributed by atoms with Gasteiger partial charge < -0.3 is 22.4 Å². The SMILES string of the molecule is [2H]CC(CNCC)CC([CH2-])=O.[CH2-]NC.[W+2]. The maximum Gasteiger partial charge on any atom is 2.00 e. The first-order valence-corrected chi connectivity index (χ1v) is 4.40. The Balaban J connectivity index is -0.000000320. The molecule has 3 nitrogen and oxygen atoms in total. The fraction of sp³-hybridized carbons (Fsp3) is 0.700. The molecule has 84 valence electrons. The van der Waals surface area contributed by atoms with Crippen LogP contribution in [-0.2, 0) is 25.9 Å². The van der Waals surface area contributed by atoms with Crippen LogP contribution in [-0.4, -0.2) is 25.9 Å². The van der Waals surface area contributed by atoms with Gasteiger partial charge in [-0.05, 0) is 38.3 Å². The van der Waals surface area contributed by atoms with Crippen LogP contribution in [0.4, 0.5) is 0 Å². The van der Waals surface area contributed by atoms with E-state index in [1.54, 1.807) is 7.05 Å². The van der Waals surface area contributed by atoms with Crippen LogP contribution in [0.15, 0.2) is 0 Å². The van der Waals surface area contributed by atoms with E-state index in [1.807, 2.05) is 6.92 Å². The first kappa shape index (κ1) is 16.6.